The summed E-state index contributed by atoms with van der Waals surface area (Å²) >= 11 is 0. The summed E-state index contributed by atoms with van der Waals surface area (Å²) in [5.41, 5.74) is 1.65. The van der Waals surface area contributed by atoms with E-state index in [1.54, 1.807) is 25.1 Å². The van der Waals surface area contributed by atoms with Crippen LogP contribution in [0.1, 0.15) is 18.9 Å². The van der Waals surface area contributed by atoms with Crippen molar-refractivity contribution in [3.8, 4) is 5.75 Å². The molecule has 0 radical (unpaired) electrons. The molecular formula is C12H15FO. The first-order valence-electron chi connectivity index (χ1n) is 4.63. The number of hydrogen-bond acceptors (Lipinski definition) is 1. The molecule has 1 aromatic carbocycles. The van der Waals surface area contributed by atoms with Crippen LogP contribution in [0.4, 0.5) is 4.39 Å². The monoisotopic (exact) mass is 194 g/mol. The van der Waals surface area contributed by atoms with Crippen molar-refractivity contribution in [3.05, 3.63) is 41.7 Å². The third-order valence-corrected chi connectivity index (χ3v) is 1.94. The van der Waals surface area contributed by atoms with Crippen LogP contribution in [0.5, 0.6) is 5.75 Å². The van der Waals surface area contributed by atoms with E-state index in [9.17, 15) is 4.39 Å². The van der Waals surface area contributed by atoms with Gasteiger partial charge in [-0.15, -0.1) is 6.58 Å². The summed E-state index contributed by atoms with van der Waals surface area (Å²) in [4.78, 5) is 0. The lowest BCUT2D eigenvalue weighted by Crippen LogP contribution is -2.00. The summed E-state index contributed by atoms with van der Waals surface area (Å²) in [6, 6.07) is 5.15. The highest BCUT2D eigenvalue weighted by molar-refractivity contribution is 5.30. The Morgan fingerprint density at radius 3 is 2.86 bits per heavy atom. The first-order chi connectivity index (χ1) is 6.61. The maximum Gasteiger partial charge on any atom is 0.167 e. The van der Waals surface area contributed by atoms with Crippen LogP contribution in [0.15, 0.2) is 30.4 Å². The molecule has 1 aromatic rings. The molecule has 0 aliphatic rings. The van der Waals surface area contributed by atoms with Crippen LogP contribution in [-0.4, -0.2) is 6.61 Å². The van der Waals surface area contributed by atoms with Crippen molar-refractivity contribution < 1.29 is 9.13 Å². The highest BCUT2D eigenvalue weighted by atomic mass is 19.1. The van der Waals surface area contributed by atoms with Crippen molar-refractivity contribution in [2.75, 3.05) is 6.61 Å². The second-order valence-corrected chi connectivity index (χ2v) is 3.44. The van der Waals surface area contributed by atoms with Crippen LogP contribution < -0.4 is 4.74 Å². The van der Waals surface area contributed by atoms with Gasteiger partial charge in [-0.1, -0.05) is 17.7 Å². The SMILES string of the molecule is C=C(C)CCOc1cccc(C)c1F. The number of benzene rings is 1. The first kappa shape index (κ1) is 10.8. The maximum absolute atomic E-state index is 13.4. The van der Waals surface area contributed by atoms with Gasteiger partial charge in [-0.05, 0) is 25.5 Å². The predicted molar refractivity (Wildman–Crippen MR) is 56.1 cm³/mol. The number of hydrogen-bond donors (Lipinski definition) is 0. The molecule has 0 spiro atoms. The number of ether oxygens (including phenoxy) is 1. The Kier molecular flexibility index (Phi) is 3.69. The largest absolute Gasteiger partial charge is 0.490 e. The molecule has 76 valence electrons. The number of halogens is 1. The van der Waals surface area contributed by atoms with Gasteiger partial charge < -0.3 is 4.74 Å². The van der Waals surface area contributed by atoms with Crippen LogP contribution in [0, 0.1) is 12.7 Å². The van der Waals surface area contributed by atoms with Crippen LogP contribution in [0.25, 0.3) is 0 Å². The lowest BCUT2D eigenvalue weighted by Gasteiger charge is -2.07. The molecule has 1 rings (SSSR count). The lowest BCUT2D eigenvalue weighted by molar-refractivity contribution is 0.304. The molecule has 0 aliphatic carbocycles. The molecular weight excluding hydrogens is 179 g/mol. The number of rotatable bonds is 4. The third kappa shape index (κ3) is 2.87. The second kappa shape index (κ2) is 4.80. The van der Waals surface area contributed by atoms with Gasteiger partial charge in [0.25, 0.3) is 0 Å². The van der Waals surface area contributed by atoms with E-state index in [1.165, 1.54) is 0 Å². The van der Waals surface area contributed by atoms with Crippen LogP contribution >= 0.6 is 0 Å². The molecule has 0 atom stereocenters. The Bertz CT molecular complexity index is 331. The molecule has 0 unspecified atom stereocenters. The summed E-state index contributed by atoms with van der Waals surface area (Å²) in [5, 5.41) is 0. The molecule has 0 aromatic heterocycles. The Labute approximate surface area is 84.2 Å². The van der Waals surface area contributed by atoms with E-state index in [1.807, 2.05) is 6.92 Å². The fourth-order valence-electron chi connectivity index (χ4n) is 1.07. The van der Waals surface area contributed by atoms with Crippen molar-refractivity contribution in [3.63, 3.8) is 0 Å². The van der Waals surface area contributed by atoms with E-state index in [-0.39, 0.29) is 5.82 Å². The molecule has 0 aliphatic heterocycles. The average Bonchev–Trinajstić information content (AvgIpc) is 2.12. The number of aryl methyl sites for hydroxylation is 1. The summed E-state index contributed by atoms with van der Waals surface area (Å²) < 4.78 is 18.7. The Morgan fingerprint density at radius 1 is 1.50 bits per heavy atom. The standard InChI is InChI=1S/C12H15FO/c1-9(2)7-8-14-11-6-4-5-10(3)12(11)13/h4-6H,1,7-8H2,2-3H3. The molecule has 0 amide bonds. The molecule has 0 N–H and O–H groups in total. The Hall–Kier alpha value is -1.31. The molecule has 0 saturated heterocycles. The smallest absolute Gasteiger partial charge is 0.167 e. The van der Waals surface area contributed by atoms with Gasteiger partial charge in [0.15, 0.2) is 11.6 Å². The van der Waals surface area contributed by atoms with E-state index < -0.39 is 0 Å². The Morgan fingerprint density at radius 2 is 2.21 bits per heavy atom. The summed E-state index contributed by atoms with van der Waals surface area (Å²) in [6.45, 7) is 7.88. The Balaban J connectivity index is 2.59. The highest BCUT2D eigenvalue weighted by Gasteiger charge is 2.04. The molecule has 0 heterocycles. The van der Waals surface area contributed by atoms with Gasteiger partial charge in [0.2, 0.25) is 0 Å². The van der Waals surface area contributed by atoms with Crippen molar-refractivity contribution in [2.45, 2.75) is 20.3 Å². The predicted octanol–water partition coefficient (Wildman–Crippen LogP) is 3.48. The minimum absolute atomic E-state index is 0.269. The normalized spacial score (nSPS) is 9.93. The van der Waals surface area contributed by atoms with Crippen LogP contribution in [0.3, 0.4) is 0 Å². The zero-order valence-electron chi connectivity index (χ0n) is 8.64. The van der Waals surface area contributed by atoms with Crippen molar-refractivity contribution in [1.29, 1.82) is 0 Å². The van der Waals surface area contributed by atoms with Crippen LogP contribution in [0.2, 0.25) is 0 Å². The van der Waals surface area contributed by atoms with Gasteiger partial charge in [-0.3, -0.25) is 0 Å². The van der Waals surface area contributed by atoms with E-state index >= 15 is 0 Å². The molecule has 1 nitrogen and oxygen atoms in total. The minimum atomic E-state index is -0.269. The fourth-order valence-corrected chi connectivity index (χ4v) is 1.07. The van der Waals surface area contributed by atoms with E-state index in [2.05, 4.69) is 6.58 Å². The van der Waals surface area contributed by atoms with Gasteiger partial charge in [0, 0.05) is 6.42 Å². The van der Waals surface area contributed by atoms with Crippen molar-refractivity contribution in [2.24, 2.45) is 0 Å². The maximum atomic E-state index is 13.4. The van der Waals surface area contributed by atoms with Gasteiger partial charge in [-0.2, -0.15) is 0 Å². The second-order valence-electron chi connectivity index (χ2n) is 3.44. The van der Waals surface area contributed by atoms with Crippen LogP contribution in [-0.2, 0) is 0 Å². The fraction of sp³-hybridized carbons (Fsp3) is 0.333. The van der Waals surface area contributed by atoms with Crippen molar-refractivity contribution in [1.82, 2.24) is 0 Å². The molecule has 14 heavy (non-hydrogen) atoms. The summed E-state index contributed by atoms with van der Waals surface area (Å²) in [7, 11) is 0. The third-order valence-electron chi connectivity index (χ3n) is 1.94. The van der Waals surface area contributed by atoms with Gasteiger partial charge in [-0.25, -0.2) is 4.39 Å². The molecule has 2 heteroatoms. The van der Waals surface area contributed by atoms with E-state index in [0.29, 0.717) is 17.9 Å². The van der Waals surface area contributed by atoms with Crippen molar-refractivity contribution >= 4 is 0 Å². The van der Waals surface area contributed by atoms with E-state index in [4.69, 9.17) is 4.74 Å². The van der Waals surface area contributed by atoms with Gasteiger partial charge >= 0.3 is 0 Å². The first-order valence-corrected chi connectivity index (χ1v) is 4.63. The molecule has 0 fully saturated rings. The van der Waals surface area contributed by atoms with Gasteiger partial charge in [0.05, 0.1) is 6.61 Å². The minimum Gasteiger partial charge on any atom is -0.490 e. The lowest BCUT2D eigenvalue weighted by atomic mass is 10.2. The zero-order chi connectivity index (χ0) is 10.6. The summed E-state index contributed by atoms with van der Waals surface area (Å²) in [5.74, 6) is 0.0560. The average molecular weight is 194 g/mol. The summed E-state index contributed by atoms with van der Waals surface area (Å²) in [6.07, 6.45) is 0.757. The molecule has 0 bridgehead atoms. The highest BCUT2D eigenvalue weighted by Crippen LogP contribution is 2.19. The van der Waals surface area contributed by atoms with Gasteiger partial charge in [0.1, 0.15) is 0 Å². The quantitative estimate of drug-likeness (QED) is 0.667. The topological polar surface area (TPSA) is 9.23 Å². The van der Waals surface area contributed by atoms with E-state index in [0.717, 1.165) is 12.0 Å². The zero-order valence-corrected chi connectivity index (χ0v) is 8.64. The molecule has 0 saturated carbocycles.